The minimum atomic E-state index is -4.56. The highest BCUT2D eigenvalue weighted by Crippen LogP contribution is 2.37. The van der Waals surface area contributed by atoms with Gasteiger partial charge in [-0.15, -0.1) is 11.8 Å². The van der Waals surface area contributed by atoms with Gasteiger partial charge in [0.1, 0.15) is 5.69 Å². The second kappa shape index (κ2) is 5.45. The van der Waals surface area contributed by atoms with Crippen LogP contribution in [0.5, 0.6) is 0 Å². The summed E-state index contributed by atoms with van der Waals surface area (Å²) in [6.45, 7) is 0. The normalized spacial score (nSPS) is 15.3. The number of Topliss-reactive ketones (excluding diaryl/α,β-unsaturated/α-hetero) is 1. The Labute approximate surface area is 127 Å². The molecule has 0 aliphatic heterocycles. The van der Waals surface area contributed by atoms with Gasteiger partial charge in [-0.3, -0.25) is 9.48 Å². The van der Waals surface area contributed by atoms with Gasteiger partial charge in [-0.1, -0.05) is 5.16 Å². The summed E-state index contributed by atoms with van der Waals surface area (Å²) in [5.41, 5.74) is -0.681. The smallest absolute Gasteiger partial charge is 0.354 e. The lowest BCUT2D eigenvalue weighted by molar-refractivity contribution is -0.141. The molecule has 2 heterocycles. The number of ketones is 1. The Morgan fingerprint density at radius 3 is 2.82 bits per heavy atom. The van der Waals surface area contributed by atoms with Gasteiger partial charge >= 0.3 is 6.18 Å². The molecule has 0 N–H and O–H groups in total. The fourth-order valence-electron chi connectivity index (χ4n) is 2.12. The molecule has 118 valence electrons. The van der Waals surface area contributed by atoms with Crippen LogP contribution in [-0.4, -0.2) is 27.0 Å². The minimum absolute atomic E-state index is 0.0500. The van der Waals surface area contributed by atoms with Crippen molar-refractivity contribution >= 4 is 17.5 Å². The van der Waals surface area contributed by atoms with Crippen LogP contribution in [0, 0.1) is 5.92 Å². The summed E-state index contributed by atoms with van der Waals surface area (Å²) in [6, 6.07) is 0.889. The van der Waals surface area contributed by atoms with Crippen LogP contribution >= 0.6 is 11.8 Å². The lowest BCUT2D eigenvalue weighted by Crippen LogP contribution is -2.08. The lowest BCUT2D eigenvalue weighted by atomic mass is 10.1. The molecule has 0 unspecified atom stereocenters. The Balaban J connectivity index is 2.05. The summed E-state index contributed by atoms with van der Waals surface area (Å²) in [6.07, 6.45) is 0.0385. The first-order valence-electron chi connectivity index (χ1n) is 6.55. The maximum Gasteiger partial charge on any atom is 0.435 e. The van der Waals surface area contributed by atoms with Gasteiger partial charge in [-0.25, -0.2) is 0 Å². The third-order valence-electron chi connectivity index (χ3n) is 3.34. The Morgan fingerprint density at radius 1 is 1.50 bits per heavy atom. The SMILES string of the molecule is CSCn1nc(C(F)(F)F)cc1-c1oncc1C(=O)C1CC1. The average molecular weight is 331 g/mol. The Kier molecular flexibility index (Phi) is 3.75. The largest absolute Gasteiger partial charge is 0.435 e. The number of aromatic nitrogens is 3. The second-order valence-electron chi connectivity index (χ2n) is 5.04. The van der Waals surface area contributed by atoms with Crippen molar-refractivity contribution in [3.05, 3.63) is 23.5 Å². The summed E-state index contributed by atoms with van der Waals surface area (Å²) >= 11 is 1.31. The van der Waals surface area contributed by atoms with Crippen molar-refractivity contribution < 1.29 is 22.5 Å². The molecule has 1 saturated carbocycles. The van der Waals surface area contributed by atoms with Crippen LogP contribution in [0.2, 0.25) is 0 Å². The van der Waals surface area contributed by atoms with E-state index in [0.717, 1.165) is 18.9 Å². The number of nitrogens with zero attached hydrogens (tertiary/aromatic N) is 3. The van der Waals surface area contributed by atoms with Crippen LogP contribution in [0.4, 0.5) is 13.2 Å². The molecular formula is C13H12F3N3O2S. The molecule has 0 aromatic carbocycles. The molecule has 2 aromatic heterocycles. The second-order valence-corrected chi connectivity index (χ2v) is 5.87. The fraction of sp³-hybridized carbons (Fsp3) is 0.462. The molecule has 0 spiro atoms. The van der Waals surface area contributed by atoms with Crippen molar-refractivity contribution in [2.45, 2.75) is 24.9 Å². The van der Waals surface area contributed by atoms with E-state index in [4.69, 9.17) is 4.52 Å². The molecule has 9 heteroatoms. The molecule has 0 amide bonds. The zero-order valence-corrected chi connectivity index (χ0v) is 12.4. The summed E-state index contributed by atoms with van der Waals surface area (Å²) in [7, 11) is 0. The number of rotatable bonds is 5. The van der Waals surface area contributed by atoms with Gasteiger partial charge in [-0.05, 0) is 25.2 Å². The first-order valence-corrected chi connectivity index (χ1v) is 7.94. The highest BCUT2D eigenvalue weighted by molar-refractivity contribution is 7.97. The predicted molar refractivity (Wildman–Crippen MR) is 73.3 cm³/mol. The van der Waals surface area contributed by atoms with Crippen molar-refractivity contribution in [1.29, 1.82) is 0 Å². The van der Waals surface area contributed by atoms with Crippen LogP contribution < -0.4 is 0 Å². The maximum atomic E-state index is 12.9. The number of hydrogen-bond donors (Lipinski definition) is 0. The Hall–Kier alpha value is -1.77. The minimum Gasteiger partial charge on any atom is -0.354 e. The van der Waals surface area contributed by atoms with Crippen LogP contribution in [0.3, 0.4) is 0 Å². The molecule has 5 nitrogen and oxygen atoms in total. The molecule has 1 fully saturated rings. The standard InChI is InChI=1S/C13H12F3N3O2S/c1-22-6-19-9(4-10(18-19)13(14,15)16)12-8(5-17-21-12)11(20)7-2-3-7/h4-5,7H,2-3,6H2,1H3. The van der Waals surface area contributed by atoms with Gasteiger partial charge in [0.15, 0.2) is 17.2 Å². The highest BCUT2D eigenvalue weighted by Gasteiger charge is 2.38. The van der Waals surface area contributed by atoms with Crippen LogP contribution in [-0.2, 0) is 12.1 Å². The molecule has 1 aliphatic carbocycles. The van der Waals surface area contributed by atoms with Crippen LogP contribution in [0.15, 0.2) is 16.8 Å². The maximum absolute atomic E-state index is 12.9. The molecule has 1 aliphatic rings. The summed E-state index contributed by atoms with van der Waals surface area (Å²) in [4.78, 5) is 12.2. The van der Waals surface area contributed by atoms with E-state index in [1.54, 1.807) is 6.26 Å². The fourth-order valence-corrected chi connectivity index (χ4v) is 2.57. The topological polar surface area (TPSA) is 60.9 Å². The molecule has 0 radical (unpaired) electrons. The van der Waals surface area contributed by atoms with Gasteiger partial charge in [0.05, 0.1) is 17.6 Å². The number of carbonyl (C=O) groups excluding carboxylic acids is 1. The van der Waals surface area contributed by atoms with Crippen LogP contribution in [0.1, 0.15) is 28.9 Å². The summed E-state index contributed by atoms with van der Waals surface area (Å²) in [5.74, 6) is 0.0521. The van der Waals surface area contributed by atoms with Crippen molar-refractivity contribution in [2.24, 2.45) is 5.92 Å². The summed E-state index contributed by atoms with van der Waals surface area (Å²) in [5, 5.41) is 7.14. The quantitative estimate of drug-likeness (QED) is 0.785. The predicted octanol–water partition coefficient (Wildman–Crippen LogP) is 3.47. The van der Waals surface area contributed by atoms with E-state index < -0.39 is 11.9 Å². The lowest BCUT2D eigenvalue weighted by Gasteiger charge is -2.04. The van der Waals surface area contributed by atoms with Crippen molar-refractivity contribution in [3.63, 3.8) is 0 Å². The number of alkyl halides is 3. The first-order chi connectivity index (χ1) is 10.4. The average Bonchev–Trinajstić information content (AvgIpc) is 3.02. The van der Waals surface area contributed by atoms with E-state index in [9.17, 15) is 18.0 Å². The molecule has 3 rings (SSSR count). The number of hydrogen-bond acceptors (Lipinski definition) is 5. The Bertz CT molecular complexity index is 704. The Morgan fingerprint density at radius 2 is 2.23 bits per heavy atom. The number of thioether (sulfide) groups is 1. The molecular weight excluding hydrogens is 319 g/mol. The van der Waals surface area contributed by atoms with E-state index in [1.165, 1.54) is 22.6 Å². The third kappa shape index (κ3) is 2.77. The molecule has 0 saturated heterocycles. The van der Waals surface area contributed by atoms with E-state index >= 15 is 0 Å². The van der Waals surface area contributed by atoms with Gasteiger partial charge in [0.2, 0.25) is 0 Å². The monoisotopic (exact) mass is 331 g/mol. The number of carbonyl (C=O) groups is 1. The number of halogens is 3. The first kappa shape index (κ1) is 15.1. The van der Waals surface area contributed by atoms with Gasteiger partial charge < -0.3 is 4.52 Å². The van der Waals surface area contributed by atoms with E-state index in [2.05, 4.69) is 10.3 Å². The van der Waals surface area contributed by atoms with Crippen LogP contribution in [0.25, 0.3) is 11.5 Å². The summed E-state index contributed by atoms with van der Waals surface area (Å²) < 4.78 is 44.8. The zero-order valence-electron chi connectivity index (χ0n) is 11.6. The van der Waals surface area contributed by atoms with Crippen molar-refractivity contribution in [1.82, 2.24) is 14.9 Å². The molecule has 0 bridgehead atoms. The van der Waals surface area contributed by atoms with Crippen molar-refractivity contribution in [2.75, 3.05) is 6.26 Å². The molecule has 2 aromatic rings. The van der Waals surface area contributed by atoms with Gasteiger partial charge in [-0.2, -0.15) is 18.3 Å². The van der Waals surface area contributed by atoms with E-state index in [0.29, 0.717) is 0 Å². The van der Waals surface area contributed by atoms with Gasteiger partial charge in [0, 0.05) is 5.92 Å². The molecule has 0 atom stereocenters. The third-order valence-corrected chi connectivity index (χ3v) is 3.84. The van der Waals surface area contributed by atoms with E-state index in [-0.39, 0.29) is 34.6 Å². The van der Waals surface area contributed by atoms with Gasteiger partial charge in [0.25, 0.3) is 0 Å². The zero-order chi connectivity index (χ0) is 15.9. The highest BCUT2D eigenvalue weighted by atomic mass is 32.2. The van der Waals surface area contributed by atoms with E-state index in [1.807, 2.05) is 0 Å². The van der Waals surface area contributed by atoms with Crippen molar-refractivity contribution in [3.8, 4) is 11.5 Å². The molecule has 22 heavy (non-hydrogen) atoms.